The van der Waals surface area contributed by atoms with E-state index in [9.17, 15) is 4.79 Å². The molecule has 17 heavy (non-hydrogen) atoms. The van der Waals surface area contributed by atoms with Gasteiger partial charge >= 0.3 is 5.97 Å². The Hall–Kier alpha value is -1.42. The molecule has 0 radical (unpaired) electrons. The SMILES string of the molecule is Cc1cnc(CC2CCN(C)C2)c(C(=O)O)c1. The van der Waals surface area contributed by atoms with Crippen molar-refractivity contribution in [1.82, 2.24) is 9.88 Å². The third-order valence-electron chi connectivity index (χ3n) is 3.31. The Morgan fingerprint density at radius 1 is 1.65 bits per heavy atom. The third-order valence-corrected chi connectivity index (χ3v) is 3.31. The van der Waals surface area contributed by atoms with Crippen LogP contribution in [0.1, 0.15) is 28.0 Å². The number of aromatic nitrogens is 1. The van der Waals surface area contributed by atoms with Crippen LogP contribution in [0.5, 0.6) is 0 Å². The molecule has 1 N–H and O–H groups in total. The number of hydrogen-bond donors (Lipinski definition) is 1. The second-order valence-corrected chi connectivity index (χ2v) is 4.93. The van der Waals surface area contributed by atoms with E-state index in [0.717, 1.165) is 37.2 Å². The van der Waals surface area contributed by atoms with Gasteiger partial charge in [0.15, 0.2) is 0 Å². The van der Waals surface area contributed by atoms with Gasteiger partial charge in [-0.25, -0.2) is 4.79 Å². The number of nitrogens with zero attached hydrogens (tertiary/aromatic N) is 2. The van der Waals surface area contributed by atoms with Gasteiger partial charge in [0, 0.05) is 12.7 Å². The Morgan fingerprint density at radius 3 is 3.00 bits per heavy atom. The molecule has 0 saturated carbocycles. The predicted molar refractivity (Wildman–Crippen MR) is 65.2 cm³/mol. The molecule has 0 spiro atoms. The summed E-state index contributed by atoms with van der Waals surface area (Å²) in [6.07, 6.45) is 3.65. The van der Waals surface area contributed by atoms with E-state index in [1.165, 1.54) is 0 Å². The lowest BCUT2D eigenvalue weighted by Crippen LogP contribution is -2.16. The van der Waals surface area contributed by atoms with Crippen molar-refractivity contribution in [3.05, 3.63) is 29.1 Å². The molecule has 1 fully saturated rings. The number of carbonyl (C=O) groups is 1. The van der Waals surface area contributed by atoms with Crippen LogP contribution < -0.4 is 0 Å². The number of pyridine rings is 1. The lowest BCUT2D eigenvalue weighted by atomic mass is 9.98. The standard InChI is InChI=1S/C13H18N2O2/c1-9-5-11(13(16)17)12(14-7-9)6-10-3-4-15(2)8-10/h5,7,10H,3-4,6,8H2,1-2H3,(H,16,17). The molecule has 0 aromatic carbocycles. The molecule has 4 heteroatoms. The first-order chi connectivity index (χ1) is 8.06. The molecule has 1 aliphatic rings. The average Bonchev–Trinajstić information content (AvgIpc) is 2.66. The zero-order valence-corrected chi connectivity index (χ0v) is 10.3. The quantitative estimate of drug-likeness (QED) is 0.862. The minimum Gasteiger partial charge on any atom is -0.478 e. The van der Waals surface area contributed by atoms with Crippen LogP contribution >= 0.6 is 0 Å². The molecule has 0 bridgehead atoms. The van der Waals surface area contributed by atoms with Gasteiger partial charge in [0.05, 0.1) is 11.3 Å². The van der Waals surface area contributed by atoms with Crippen molar-refractivity contribution in [3.63, 3.8) is 0 Å². The Labute approximate surface area is 101 Å². The minimum absolute atomic E-state index is 0.361. The van der Waals surface area contributed by atoms with Crippen LogP contribution in [0.3, 0.4) is 0 Å². The van der Waals surface area contributed by atoms with Gasteiger partial charge in [0.2, 0.25) is 0 Å². The van der Waals surface area contributed by atoms with Crippen molar-refractivity contribution in [2.75, 3.05) is 20.1 Å². The molecule has 1 saturated heterocycles. The monoisotopic (exact) mass is 234 g/mol. The van der Waals surface area contributed by atoms with Gasteiger partial charge in [0.1, 0.15) is 0 Å². The van der Waals surface area contributed by atoms with Crippen molar-refractivity contribution in [2.45, 2.75) is 19.8 Å². The number of likely N-dealkylation sites (tertiary alicyclic amines) is 1. The summed E-state index contributed by atoms with van der Waals surface area (Å²) in [4.78, 5) is 17.7. The Balaban J connectivity index is 2.17. The highest BCUT2D eigenvalue weighted by atomic mass is 16.4. The van der Waals surface area contributed by atoms with Gasteiger partial charge in [-0.2, -0.15) is 0 Å². The maximum Gasteiger partial charge on any atom is 0.337 e. The second-order valence-electron chi connectivity index (χ2n) is 4.93. The van der Waals surface area contributed by atoms with E-state index in [0.29, 0.717) is 11.5 Å². The Bertz CT molecular complexity index is 431. The summed E-state index contributed by atoms with van der Waals surface area (Å²) in [5, 5.41) is 9.17. The van der Waals surface area contributed by atoms with E-state index in [1.807, 2.05) is 6.92 Å². The Morgan fingerprint density at radius 2 is 2.41 bits per heavy atom. The fourth-order valence-corrected chi connectivity index (χ4v) is 2.41. The number of aryl methyl sites for hydroxylation is 1. The number of hydrogen-bond acceptors (Lipinski definition) is 3. The first-order valence-corrected chi connectivity index (χ1v) is 5.93. The molecule has 2 rings (SSSR count). The fourth-order valence-electron chi connectivity index (χ4n) is 2.41. The van der Waals surface area contributed by atoms with E-state index in [4.69, 9.17) is 5.11 Å². The average molecular weight is 234 g/mol. The van der Waals surface area contributed by atoms with Gasteiger partial charge in [-0.05, 0) is 50.9 Å². The molecule has 0 amide bonds. The normalized spacial score (nSPS) is 20.7. The summed E-state index contributed by atoms with van der Waals surface area (Å²) in [7, 11) is 2.10. The molecular formula is C13H18N2O2. The molecular weight excluding hydrogens is 216 g/mol. The molecule has 2 heterocycles. The highest BCUT2D eigenvalue weighted by Gasteiger charge is 2.22. The number of aromatic carboxylic acids is 1. The van der Waals surface area contributed by atoms with E-state index < -0.39 is 5.97 Å². The van der Waals surface area contributed by atoms with Crippen molar-refractivity contribution in [2.24, 2.45) is 5.92 Å². The van der Waals surface area contributed by atoms with Gasteiger partial charge in [-0.1, -0.05) is 0 Å². The number of carboxylic acids is 1. The lowest BCUT2D eigenvalue weighted by molar-refractivity contribution is 0.0694. The van der Waals surface area contributed by atoms with Crippen LogP contribution in [0, 0.1) is 12.8 Å². The molecule has 1 atom stereocenters. The van der Waals surface area contributed by atoms with Gasteiger partial charge in [-0.15, -0.1) is 0 Å². The summed E-state index contributed by atoms with van der Waals surface area (Å²) in [6.45, 7) is 4.00. The number of carboxylic acid groups (broad SMARTS) is 1. The predicted octanol–water partition coefficient (Wildman–Crippen LogP) is 1.58. The van der Waals surface area contributed by atoms with Gasteiger partial charge in [0.25, 0.3) is 0 Å². The minimum atomic E-state index is -0.873. The van der Waals surface area contributed by atoms with Crippen LogP contribution in [-0.2, 0) is 6.42 Å². The van der Waals surface area contributed by atoms with Crippen LogP contribution in [0.25, 0.3) is 0 Å². The van der Waals surface area contributed by atoms with Crippen LogP contribution in [-0.4, -0.2) is 41.1 Å². The van der Waals surface area contributed by atoms with Crippen LogP contribution in [0.4, 0.5) is 0 Å². The molecule has 1 aromatic rings. The van der Waals surface area contributed by atoms with Crippen molar-refractivity contribution in [1.29, 1.82) is 0 Å². The molecule has 1 aliphatic heterocycles. The highest BCUT2D eigenvalue weighted by molar-refractivity contribution is 5.89. The fraction of sp³-hybridized carbons (Fsp3) is 0.538. The summed E-state index contributed by atoms with van der Waals surface area (Å²) in [6, 6.07) is 1.71. The summed E-state index contributed by atoms with van der Waals surface area (Å²) in [5.74, 6) is -0.337. The summed E-state index contributed by atoms with van der Waals surface area (Å²) >= 11 is 0. The highest BCUT2D eigenvalue weighted by Crippen LogP contribution is 2.21. The first-order valence-electron chi connectivity index (χ1n) is 5.93. The lowest BCUT2D eigenvalue weighted by Gasteiger charge is -2.12. The van der Waals surface area contributed by atoms with Crippen LogP contribution in [0.2, 0.25) is 0 Å². The Kier molecular flexibility index (Phi) is 3.43. The second kappa shape index (κ2) is 4.84. The third kappa shape index (κ3) is 2.82. The van der Waals surface area contributed by atoms with Crippen molar-refractivity contribution < 1.29 is 9.90 Å². The van der Waals surface area contributed by atoms with E-state index >= 15 is 0 Å². The molecule has 1 aromatic heterocycles. The molecule has 1 unspecified atom stereocenters. The zero-order valence-electron chi connectivity index (χ0n) is 10.3. The molecule has 0 aliphatic carbocycles. The molecule has 4 nitrogen and oxygen atoms in total. The van der Waals surface area contributed by atoms with Crippen LogP contribution in [0.15, 0.2) is 12.3 Å². The number of rotatable bonds is 3. The van der Waals surface area contributed by atoms with E-state index in [-0.39, 0.29) is 0 Å². The maximum atomic E-state index is 11.2. The van der Waals surface area contributed by atoms with Gasteiger partial charge in [-0.3, -0.25) is 4.98 Å². The zero-order chi connectivity index (χ0) is 12.4. The summed E-state index contributed by atoms with van der Waals surface area (Å²) in [5.41, 5.74) is 1.98. The van der Waals surface area contributed by atoms with Crippen molar-refractivity contribution in [3.8, 4) is 0 Å². The largest absolute Gasteiger partial charge is 0.478 e. The van der Waals surface area contributed by atoms with Gasteiger partial charge < -0.3 is 10.0 Å². The smallest absolute Gasteiger partial charge is 0.337 e. The first kappa shape index (κ1) is 12.0. The van der Waals surface area contributed by atoms with Crippen molar-refractivity contribution >= 4 is 5.97 Å². The van der Waals surface area contributed by atoms with E-state index in [1.54, 1.807) is 12.3 Å². The molecule has 92 valence electrons. The topological polar surface area (TPSA) is 53.4 Å². The maximum absolute atomic E-state index is 11.2. The summed E-state index contributed by atoms with van der Waals surface area (Å²) < 4.78 is 0. The van der Waals surface area contributed by atoms with E-state index in [2.05, 4.69) is 16.9 Å².